The number of anilines is 1. The van der Waals surface area contributed by atoms with Gasteiger partial charge >= 0.3 is 5.63 Å². The van der Waals surface area contributed by atoms with Crippen LogP contribution in [0.2, 0.25) is 5.02 Å². The molecule has 13 nitrogen and oxygen atoms in total. The molecule has 2 aliphatic rings. The Balaban J connectivity index is 0.732. The van der Waals surface area contributed by atoms with E-state index in [1.54, 1.807) is 42.0 Å². The minimum absolute atomic E-state index is 0.105. The van der Waals surface area contributed by atoms with Gasteiger partial charge in [0.15, 0.2) is 0 Å². The van der Waals surface area contributed by atoms with Crippen LogP contribution in [0.3, 0.4) is 0 Å². The van der Waals surface area contributed by atoms with Crippen molar-refractivity contribution in [2.45, 2.75) is 51.9 Å². The van der Waals surface area contributed by atoms with Crippen LogP contribution in [0.15, 0.2) is 69.9 Å². The second kappa shape index (κ2) is 20.9. The van der Waals surface area contributed by atoms with Crippen LogP contribution in [0.1, 0.15) is 64.0 Å². The monoisotopic (exact) mass is 852 g/mol. The zero-order chi connectivity index (χ0) is 42.7. The van der Waals surface area contributed by atoms with Gasteiger partial charge in [-0.25, -0.2) is 4.79 Å². The second-order valence-electron chi connectivity index (χ2n) is 15.3. The van der Waals surface area contributed by atoms with Gasteiger partial charge in [0.25, 0.3) is 5.91 Å². The predicted octanol–water partition coefficient (Wildman–Crippen LogP) is 6.42. The van der Waals surface area contributed by atoms with Crippen LogP contribution in [0.4, 0.5) is 5.69 Å². The summed E-state index contributed by atoms with van der Waals surface area (Å²) in [5.74, 6) is -0.0162. The summed E-state index contributed by atoms with van der Waals surface area (Å²) in [4.78, 5) is 54.2. The summed E-state index contributed by atoms with van der Waals surface area (Å²) in [6, 6.07) is 16.2. The highest BCUT2D eigenvalue weighted by Crippen LogP contribution is 2.40. The second-order valence-corrected chi connectivity index (χ2v) is 15.7. The molecule has 2 N–H and O–H groups in total. The molecule has 5 aromatic rings. The molecular formula is C47H53ClN4O9. The molecule has 7 rings (SSSR count). The van der Waals surface area contributed by atoms with Crippen molar-refractivity contribution in [2.75, 3.05) is 77.8 Å². The summed E-state index contributed by atoms with van der Waals surface area (Å²) in [5.41, 5.74) is 6.92. The van der Waals surface area contributed by atoms with Crippen molar-refractivity contribution in [3.8, 4) is 5.75 Å². The number of hydrogen-bond donors (Lipinski definition) is 2. The lowest BCUT2D eigenvalue weighted by atomic mass is 9.90. The third-order valence-electron chi connectivity index (χ3n) is 11.1. The maximum absolute atomic E-state index is 13.5. The fourth-order valence-corrected chi connectivity index (χ4v) is 8.28. The Kier molecular flexibility index (Phi) is 14.9. The molecule has 0 radical (unpaired) electrons. The first-order valence-electron chi connectivity index (χ1n) is 21.0. The summed E-state index contributed by atoms with van der Waals surface area (Å²) in [7, 11) is 1.58. The number of hydrogen-bond acceptors (Lipinski definition) is 10. The van der Waals surface area contributed by atoms with Crippen LogP contribution in [0.5, 0.6) is 5.75 Å². The van der Waals surface area contributed by atoms with Crippen LogP contribution in [-0.2, 0) is 43.1 Å². The zero-order valence-electron chi connectivity index (χ0n) is 34.8. The number of benzene rings is 3. The lowest BCUT2D eigenvalue weighted by Gasteiger charge is -2.37. The van der Waals surface area contributed by atoms with E-state index >= 15 is 0 Å². The highest BCUT2D eigenvalue weighted by Gasteiger charge is 2.27. The van der Waals surface area contributed by atoms with Gasteiger partial charge in [-0.2, -0.15) is 0 Å². The van der Waals surface area contributed by atoms with E-state index in [0.29, 0.717) is 104 Å². The van der Waals surface area contributed by atoms with Gasteiger partial charge in [-0.3, -0.25) is 19.0 Å². The number of amides is 2. The molecule has 2 aliphatic heterocycles. The van der Waals surface area contributed by atoms with Crippen molar-refractivity contribution in [1.29, 1.82) is 0 Å². The number of fused-ring (bicyclic) bond motifs is 3. The largest absolute Gasteiger partial charge is 0.497 e. The number of aromatic nitrogens is 1. The zero-order valence-corrected chi connectivity index (χ0v) is 35.6. The van der Waals surface area contributed by atoms with Gasteiger partial charge in [0.05, 0.1) is 51.0 Å². The normalized spacial score (nSPS) is 13.5. The first-order chi connectivity index (χ1) is 29.7. The average molecular weight is 853 g/mol. The predicted molar refractivity (Wildman–Crippen MR) is 236 cm³/mol. The van der Waals surface area contributed by atoms with Gasteiger partial charge in [0.1, 0.15) is 11.3 Å². The van der Waals surface area contributed by atoms with Crippen molar-refractivity contribution in [2.24, 2.45) is 0 Å². The molecule has 4 heterocycles. The van der Waals surface area contributed by atoms with Crippen LogP contribution >= 0.6 is 11.6 Å². The molecule has 3 aromatic carbocycles. The van der Waals surface area contributed by atoms with Crippen molar-refractivity contribution in [3.63, 3.8) is 0 Å². The average Bonchev–Trinajstić information content (AvgIpc) is 3.53. The topological polar surface area (TPSA) is 151 Å². The molecule has 61 heavy (non-hydrogen) atoms. The quantitative estimate of drug-likeness (QED) is 0.0510. The maximum atomic E-state index is 13.5. The summed E-state index contributed by atoms with van der Waals surface area (Å²) in [5, 5.41) is 8.02. The van der Waals surface area contributed by atoms with Gasteiger partial charge in [0.2, 0.25) is 11.8 Å². The number of carbonyl (C=O) groups excluding carboxylic acids is 3. The van der Waals surface area contributed by atoms with E-state index in [2.05, 4.69) is 21.6 Å². The molecule has 2 amide bonds. The molecule has 0 atom stereocenters. The summed E-state index contributed by atoms with van der Waals surface area (Å²) in [6.45, 7) is 7.40. The van der Waals surface area contributed by atoms with Crippen LogP contribution in [-0.4, -0.2) is 95.2 Å². The highest BCUT2D eigenvalue weighted by molar-refractivity contribution is 6.30. The first kappa shape index (κ1) is 43.6. The smallest absolute Gasteiger partial charge is 0.343 e. The van der Waals surface area contributed by atoms with Crippen molar-refractivity contribution >= 4 is 63.0 Å². The molecule has 0 saturated carbocycles. The van der Waals surface area contributed by atoms with E-state index in [1.807, 2.05) is 25.1 Å². The van der Waals surface area contributed by atoms with E-state index in [1.165, 1.54) is 23.4 Å². The molecule has 0 fully saturated rings. The minimum atomic E-state index is -0.442. The van der Waals surface area contributed by atoms with Crippen LogP contribution in [0, 0.1) is 6.92 Å². The molecule has 0 aliphatic carbocycles. The molecule has 14 heteroatoms. The molecular weight excluding hydrogens is 800 g/mol. The SMILES string of the molecule is COc1ccc2c(c1)c(CC(=O)NCCCOCCOCCOCCCNC(=O)/C=C/c1cc3cc4c5c(c3oc1=O)CCCN5CCC4)c(C)n2C(=O)c1ccc(Cl)cc1. The summed E-state index contributed by atoms with van der Waals surface area (Å²) < 4.78 is 29.7. The maximum Gasteiger partial charge on any atom is 0.343 e. The molecule has 0 saturated heterocycles. The molecule has 2 aromatic heterocycles. The molecule has 0 bridgehead atoms. The number of aryl methyl sites for hydroxylation is 2. The highest BCUT2D eigenvalue weighted by atomic mass is 35.5. The lowest BCUT2D eigenvalue weighted by molar-refractivity contribution is -0.120. The lowest BCUT2D eigenvalue weighted by Crippen LogP contribution is -2.34. The van der Waals surface area contributed by atoms with Gasteiger partial charge in [-0.15, -0.1) is 0 Å². The Hall–Kier alpha value is -5.47. The van der Waals surface area contributed by atoms with Gasteiger partial charge in [-0.1, -0.05) is 11.6 Å². The Labute approximate surface area is 359 Å². The third-order valence-corrected chi connectivity index (χ3v) is 11.4. The van der Waals surface area contributed by atoms with E-state index in [9.17, 15) is 19.2 Å². The molecule has 322 valence electrons. The van der Waals surface area contributed by atoms with Crippen molar-refractivity contribution in [3.05, 3.63) is 110 Å². The van der Waals surface area contributed by atoms with Crippen LogP contribution in [0.25, 0.3) is 27.9 Å². The van der Waals surface area contributed by atoms with E-state index in [4.69, 9.17) is 35.0 Å². The third kappa shape index (κ3) is 10.7. The number of rotatable bonds is 20. The fourth-order valence-electron chi connectivity index (χ4n) is 8.15. The Morgan fingerprint density at radius 1 is 0.852 bits per heavy atom. The number of methoxy groups -OCH3 is 1. The summed E-state index contributed by atoms with van der Waals surface area (Å²) >= 11 is 6.04. The summed E-state index contributed by atoms with van der Waals surface area (Å²) in [6.07, 6.45) is 8.35. The standard InChI is InChI=1S/C47H53ClN4O9/c1-31-39(40-29-37(57-2)14-15-41(40)52(31)46(55)32-9-12-36(48)13-10-32)30-43(54)50-18-6-22-59-24-26-60-25-23-58-21-5-17-49-42(53)16-11-34-28-35-27-33-7-3-19-51-20-4-8-38(44(33)51)45(35)61-47(34)56/h9-16,27-29H,3-8,17-26,30H2,1-2H3,(H,49,53)(H,50,54)/b16-11+. The number of nitrogens with zero attached hydrogens (tertiary/aromatic N) is 2. The van der Waals surface area contributed by atoms with Gasteiger partial charge in [-0.05, 0) is 117 Å². The van der Waals surface area contributed by atoms with Gasteiger partial charge in [0, 0.05) is 83.8 Å². The number of carbonyl (C=O) groups is 3. The van der Waals surface area contributed by atoms with Crippen LogP contribution < -0.4 is 25.9 Å². The Morgan fingerprint density at radius 2 is 1.54 bits per heavy atom. The molecule has 0 unspecified atom stereocenters. The first-order valence-corrected chi connectivity index (χ1v) is 21.4. The van der Waals surface area contributed by atoms with E-state index < -0.39 is 5.63 Å². The minimum Gasteiger partial charge on any atom is -0.497 e. The Bertz CT molecular complexity index is 2460. The van der Waals surface area contributed by atoms with Crippen molar-refractivity contribution in [1.82, 2.24) is 15.2 Å². The Morgan fingerprint density at radius 3 is 2.26 bits per heavy atom. The van der Waals surface area contributed by atoms with E-state index in [-0.39, 0.29) is 24.1 Å². The number of nitrogens with one attached hydrogen (secondary N) is 2. The number of ether oxygens (including phenoxy) is 4. The fraction of sp³-hybridized carbons (Fsp3) is 0.404. The van der Waals surface area contributed by atoms with Crippen molar-refractivity contribution < 1.29 is 37.7 Å². The van der Waals surface area contributed by atoms with E-state index in [0.717, 1.165) is 60.7 Å². The number of halogens is 1. The molecule has 0 spiro atoms. The van der Waals surface area contributed by atoms with Gasteiger partial charge < -0.3 is 38.9 Å².